The molecule has 0 unspecified atom stereocenters. The monoisotopic (exact) mass is 268 g/mol. The molecule has 0 aliphatic rings. The van der Waals surface area contributed by atoms with Crippen molar-refractivity contribution in [2.45, 2.75) is 6.92 Å². The first-order valence-electron chi connectivity index (χ1n) is 6.20. The summed E-state index contributed by atoms with van der Waals surface area (Å²) in [5.41, 5.74) is 7.73. The number of hydrogen-bond acceptors (Lipinski definition) is 3. The average Bonchev–Trinajstić information content (AvgIpc) is 2.83. The van der Waals surface area contributed by atoms with Crippen molar-refractivity contribution in [3.05, 3.63) is 47.2 Å². The number of amides is 1. The summed E-state index contributed by atoms with van der Waals surface area (Å²) in [6, 6.07) is 7.13. The van der Waals surface area contributed by atoms with Crippen LogP contribution in [0.4, 0.5) is 5.82 Å². The molecule has 2 aromatic rings. The Balaban J connectivity index is 2.22. The minimum Gasteiger partial charge on any atom is -0.320 e. The van der Waals surface area contributed by atoms with Crippen LogP contribution in [0.25, 0.3) is 0 Å². The summed E-state index contributed by atoms with van der Waals surface area (Å²) in [7, 11) is 1.79. The van der Waals surface area contributed by atoms with Gasteiger partial charge in [0.15, 0.2) is 5.82 Å². The van der Waals surface area contributed by atoms with Gasteiger partial charge >= 0.3 is 0 Å². The Morgan fingerprint density at radius 3 is 2.90 bits per heavy atom. The lowest BCUT2D eigenvalue weighted by Gasteiger charge is -2.04. The van der Waals surface area contributed by atoms with Crippen LogP contribution in [0.5, 0.6) is 0 Å². The molecule has 1 heterocycles. The van der Waals surface area contributed by atoms with Crippen LogP contribution in [0.3, 0.4) is 0 Å². The molecule has 0 spiro atoms. The van der Waals surface area contributed by atoms with Crippen LogP contribution >= 0.6 is 0 Å². The summed E-state index contributed by atoms with van der Waals surface area (Å²) in [5.74, 6) is 6.07. The molecule has 0 radical (unpaired) electrons. The van der Waals surface area contributed by atoms with Crippen LogP contribution in [0, 0.1) is 18.8 Å². The number of aryl methyl sites for hydroxylation is 2. The molecule has 3 N–H and O–H groups in total. The molecule has 0 aliphatic heterocycles. The van der Waals surface area contributed by atoms with Gasteiger partial charge in [0, 0.05) is 30.4 Å². The fourth-order valence-electron chi connectivity index (χ4n) is 1.71. The zero-order chi connectivity index (χ0) is 14.5. The number of rotatable bonds is 2. The van der Waals surface area contributed by atoms with Crippen LogP contribution in [0.2, 0.25) is 0 Å². The molecule has 5 heteroatoms. The summed E-state index contributed by atoms with van der Waals surface area (Å²) < 4.78 is 1.63. The minimum absolute atomic E-state index is 0.209. The zero-order valence-electron chi connectivity index (χ0n) is 11.5. The molecule has 0 bridgehead atoms. The first kappa shape index (κ1) is 13.8. The lowest BCUT2D eigenvalue weighted by atomic mass is 10.0. The normalized spacial score (nSPS) is 9.75. The van der Waals surface area contributed by atoms with Crippen molar-refractivity contribution in [1.82, 2.24) is 9.78 Å². The lowest BCUT2D eigenvalue weighted by molar-refractivity contribution is 0.102. The van der Waals surface area contributed by atoms with E-state index < -0.39 is 0 Å². The van der Waals surface area contributed by atoms with Crippen LogP contribution in [0.15, 0.2) is 30.5 Å². The molecule has 0 saturated carbocycles. The Kier molecular flexibility index (Phi) is 4.18. The number of benzene rings is 1. The highest BCUT2D eigenvalue weighted by atomic mass is 16.1. The van der Waals surface area contributed by atoms with Crippen molar-refractivity contribution in [2.75, 3.05) is 11.9 Å². The van der Waals surface area contributed by atoms with Gasteiger partial charge in [-0.3, -0.25) is 9.48 Å². The van der Waals surface area contributed by atoms with E-state index in [0.29, 0.717) is 17.9 Å². The second-order valence-corrected chi connectivity index (χ2v) is 4.36. The van der Waals surface area contributed by atoms with Gasteiger partial charge in [0.25, 0.3) is 5.91 Å². The van der Waals surface area contributed by atoms with Gasteiger partial charge < -0.3 is 11.1 Å². The third-order valence-corrected chi connectivity index (χ3v) is 2.78. The Morgan fingerprint density at radius 2 is 2.25 bits per heavy atom. The zero-order valence-corrected chi connectivity index (χ0v) is 11.5. The van der Waals surface area contributed by atoms with Crippen molar-refractivity contribution in [3.63, 3.8) is 0 Å². The highest BCUT2D eigenvalue weighted by Gasteiger charge is 2.09. The minimum atomic E-state index is -0.209. The Bertz CT molecular complexity index is 691. The summed E-state index contributed by atoms with van der Waals surface area (Å²) in [4.78, 5) is 12.1. The van der Waals surface area contributed by atoms with Gasteiger partial charge in [0.1, 0.15) is 0 Å². The van der Waals surface area contributed by atoms with Gasteiger partial charge in [0.2, 0.25) is 0 Å². The van der Waals surface area contributed by atoms with Crippen LogP contribution in [-0.2, 0) is 7.05 Å². The van der Waals surface area contributed by atoms with Gasteiger partial charge in [0.05, 0.1) is 6.54 Å². The second kappa shape index (κ2) is 6.04. The largest absolute Gasteiger partial charge is 0.320 e. The van der Waals surface area contributed by atoms with Gasteiger partial charge in [-0.15, -0.1) is 0 Å². The summed E-state index contributed by atoms with van der Waals surface area (Å²) in [6.07, 6.45) is 1.77. The van der Waals surface area contributed by atoms with E-state index in [2.05, 4.69) is 22.3 Å². The van der Waals surface area contributed by atoms with Crippen molar-refractivity contribution in [2.24, 2.45) is 12.8 Å². The number of carbonyl (C=O) groups is 1. The summed E-state index contributed by atoms with van der Waals surface area (Å²) in [6.45, 7) is 2.24. The Hall–Kier alpha value is -2.58. The number of anilines is 1. The Morgan fingerprint density at radius 1 is 1.45 bits per heavy atom. The third-order valence-electron chi connectivity index (χ3n) is 2.78. The number of nitrogens with one attached hydrogen (secondary N) is 1. The third kappa shape index (κ3) is 3.25. The van der Waals surface area contributed by atoms with Gasteiger partial charge in [-0.25, -0.2) is 0 Å². The van der Waals surface area contributed by atoms with E-state index in [4.69, 9.17) is 5.73 Å². The molecule has 0 fully saturated rings. The van der Waals surface area contributed by atoms with E-state index in [1.807, 2.05) is 13.0 Å². The molecule has 0 saturated heterocycles. The van der Waals surface area contributed by atoms with E-state index in [1.165, 1.54) is 0 Å². The number of nitrogens with zero attached hydrogens (tertiary/aromatic N) is 2. The molecule has 2 rings (SSSR count). The molecule has 1 aromatic heterocycles. The number of aromatic nitrogens is 2. The first-order valence-corrected chi connectivity index (χ1v) is 6.20. The van der Waals surface area contributed by atoms with E-state index in [1.54, 1.807) is 36.1 Å². The van der Waals surface area contributed by atoms with Gasteiger partial charge in [-0.05, 0) is 24.6 Å². The Labute approximate surface area is 117 Å². The molecule has 5 nitrogen and oxygen atoms in total. The maximum atomic E-state index is 12.1. The van der Waals surface area contributed by atoms with Crippen molar-refractivity contribution in [3.8, 4) is 11.8 Å². The predicted octanol–water partition coefficient (Wildman–Crippen LogP) is 1.29. The van der Waals surface area contributed by atoms with Crippen LogP contribution < -0.4 is 11.1 Å². The van der Waals surface area contributed by atoms with E-state index in [9.17, 15) is 4.79 Å². The predicted molar refractivity (Wildman–Crippen MR) is 78.3 cm³/mol. The molecule has 0 aliphatic carbocycles. The fourth-order valence-corrected chi connectivity index (χ4v) is 1.71. The maximum Gasteiger partial charge on any atom is 0.256 e. The smallest absolute Gasteiger partial charge is 0.256 e. The van der Waals surface area contributed by atoms with Crippen LogP contribution in [-0.4, -0.2) is 22.2 Å². The quantitative estimate of drug-likeness (QED) is 0.806. The van der Waals surface area contributed by atoms with E-state index in [-0.39, 0.29) is 5.91 Å². The summed E-state index contributed by atoms with van der Waals surface area (Å²) >= 11 is 0. The highest BCUT2D eigenvalue weighted by molar-refractivity contribution is 6.04. The molecule has 0 atom stereocenters. The topological polar surface area (TPSA) is 72.9 Å². The number of hydrogen-bond donors (Lipinski definition) is 2. The highest BCUT2D eigenvalue weighted by Crippen LogP contribution is 2.12. The number of carbonyl (C=O) groups excluding carboxylic acids is 1. The molecule has 1 aromatic carbocycles. The molecule has 102 valence electrons. The lowest BCUT2D eigenvalue weighted by Crippen LogP contribution is -2.13. The van der Waals surface area contributed by atoms with Crippen molar-refractivity contribution >= 4 is 11.7 Å². The standard InChI is InChI=1S/C15H16N4O/c1-11-5-6-13(10-12(11)4-3-8-16)15(20)17-14-7-9-19(2)18-14/h5-7,9-10H,8,16H2,1-2H3,(H,17,18,20). The molecular weight excluding hydrogens is 252 g/mol. The van der Waals surface area contributed by atoms with Gasteiger partial charge in [-0.2, -0.15) is 5.10 Å². The average molecular weight is 268 g/mol. The fraction of sp³-hybridized carbons (Fsp3) is 0.200. The second-order valence-electron chi connectivity index (χ2n) is 4.36. The van der Waals surface area contributed by atoms with E-state index >= 15 is 0 Å². The van der Waals surface area contributed by atoms with Crippen molar-refractivity contribution < 1.29 is 4.79 Å². The first-order chi connectivity index (χ1) is 9.60. The molecule has 1 amide bonds. The van der Waals surface area contributed by atoms with Gasteiger partial charge in [-0.1, -0.05) is 17.9 Å². The number of nitrogens with two attached hydrogens (primary N) is 1. The SMILES string of the molecule is Cc1ccc(C(=O)Nc2ccn(C)n2)cc1C#CCN. The van der Waals surface area contributed by atoms with Crippen LogP contribution in [0.1, 0.15) is 21.5 Å². The van der Waals surface area contributed by atoms with Crippen molar-refractivity contribution in [1.29, 1.82) is 0 Å². The maximum absolute atomic E-state index is 12.1. The van der Waals surface area contributed by atoms with E-state index in [0.717, 1.165) is 11.1 Å². The summed E-state index contributed by atoms with van der Waals surface area (Å²) in [5, 5.41) is 6.84. The molecule has 20 heavy (non-hydrogen) atoms. The molecular formula is C15H16N4O.